The van der Waals surface area contributed by atoms with Crippen LogP contribution in [0.25, 0.3) is 6.08 Å². The molecular formula is C17H11Cl2N3O7. The van der Waals surface area contributed by atoms with Crippen LogP contribution in [-0.2, 0) is 14.3 Å². The number of nitrogens with one attached hydrogen (secondary N) is 1. The summed E-state index contributed by atoms with van der Waals surface area (Å²) < 4.78 is 4.74. The van der Waals surface area contributed by atoms with Crippen LogP contribution in [-0.4, -0.2) is 28.3 Å². The van der Waals surface area contributed by atoms with E-state index in [0.717, 1.165) is 12.1 Å². The second-order valence-electron chi connectivity index (χ2n) is 5.38. The summed E-state index contributed by atoms with van der Waals surface area (Å²) in [7, 11) is 0. The number of halogens is 2. The summed E-state index contributed by atoms with van der Waals surface area (Å²) in [5, 5.41) is 23.9. The number of ether oxygens (including phenoxy) is 1. The molecule has 1 amide bonds. The van der Waals surface area contributed by atoms with E-state index in [4.69, 9.17) is 27.9 Å². The Morgan fingerprint density at radius 3 is 2.38 bits per heavy atom. The number of amides is 1. The predicted molar refractivity (Wildman–Crippen MR) is 105 cm³/mol. The van der Waals surface area contributed by atoms with Gasteiger partial charge in [0.1, 0.15) is 5.02 Å². The molecule has 0 spiro atoms. The molecule has 2 aromatic carbocycles. The molecule has 29 heavy (non-hydrogen) atoms. The molecule has 0 saturated heterocycles. The van der Waals surface area contributed by atoms with Crippen LogP contribution in [0.3, 0.4) is 0 Å². The first kappa shape index (κ1) is 21.8. The second-order valence-corrected chi connectivity index (χ2v) is 6.19. The molecule has 10 nitrogen and oxygen atoms in total. The van der Waals surface area contributed by atoms with Crippen molar-refractivity contribution >= 4 is 58.2 Å². The van der Waals surface area contributed by atoms with Gasteiger partial charge >= 0.3 is 5.97 Å². The number of nitrogens with zero attached hydrogens (tertiary/aromatic N) is 2. The minimum absolute atomic E-state index is 0.00840. The van der Waals surface area contributed by atoms with E-state index in [9.17, 15) is 29.8 Å². The third-order valence-corrected chi connectivity index (χ3v) is 4.01. The Bertz CT molecular complexity index is 1020. The van der Waals surface area contributed by atoms with E-state index in [1.54, 1.807) is 0 Å². The van der Waals surface area contributed by atoms with Gasteiger partial charge in [-0.25, -0.2) is 4.79 Å². The van der Waals surface area contributed by atoms with E-state index in [-0.39, 0.29) is 27.1 Å². The van der Waals surface area contributed by atoms with Crippen LogP contribution in [0.15, 0.2) is 42.5 Å². The molecule has 2 aromatic rings. The van der Waals surface area contributed by atoms with E-state index in [0.29, 0.717) is 5.56 Å². The summed E-state index contributed by atoms with van der Waals surface area (Å²) in [6, 6.07) is 7.41. The molecule has 150 valence electrons. The predicted octanol–water partition coefficient (Wildman–Crippen LogP) is 4.00. The molecule has 0 radical (unpaired) electrons. The third kappa shape index (κ3) is 6.26. The largest absolute Gasteiger partial charge is 0.452 e. The Hall–Kier alpha value is -3.50. The number of hydrogen-bond donors (Lipinski definition) is 1. The Labute approximate surface area is 173 Å². The van der Waals surface area contributed by atoms with Crippen molar-refractivity contribution in [2.45, 2.75) is 0 Å². The molecule has 0 aliphatic rings. The van der Waals surface area contributed by atoms with Crippen LogP contribution in [0.5, 0.6) is 0 Å². The fraction of sp³-hybridized carbons (Fsp3) is 0.0588. The fourth-order valence-electron chi connectivity index (χ4n) is 2.03. The summed E-state index contributed by atoms with van der Waals surface area (Å²) in [6.45, 7) is -0.678. The lowest BCUT2D eigenvalue weighted by Crippen LogP contribution is -2.20. The lowest BCUT2D eigenvalue weighted by molar-refractivity contribution is -0.384. The van der Waals surface area contributed by atoms with Crippen LogP contribution < -0.4 is 5.32 Å². The molecule has 0 bridgehead atoms. The van der Waals surface area contributed by atoms with Crippen LogP contribution in [0, 0.1) is 20.2 Å². The van der Waals surface area contributed by atoms with Crippen molar-refractivity contribution in [1.29, 1.82) is 0 Å². The second kappa shape index (κ2) is 9.62. The maximum Gasteiger partial charge on any atom is 0.331 e. The minimum Gasteiger partial charge on any atom is -0.452 e. The fourth-order valence-corrected chi connectivity index (χ4v) is 2.38. The maximum absolute atomic E-state index is 11.9. The van der Waals surface area contributed by atoms with Crippen LogP contribution in [0.1, 0.15) is 5.56 Å². The number of nitro benzene ring substituents is 2. The molecule has 0 atom stereocenters. The van der Waals surface area contributed by atoms with Crippen molar-refractivity contribution in [2.24, 2.45) is 0 Å². The lowest BCUT2D eigenvalue weighted by Gasteiger charge is -2.07. The smallest absolute Gasteiger partial charge is 0.331 e. The van der Waals surface area contributed by atoms with E-state index in [2.05, 4.69) is 5.32 Å². The SMILES string of the molecule is O=C(COC(=O)/C=C/c1ccc(Cl)c([N+](=O)[O-])c1)Nc1cc([N+](=O)[O-])ccc1Cl. The zero-order valence-corrected chi connectivity index (χ0v) is 15.8. The van der Waals surface area contributed by atoms with Gasteiger partial charge in [0, 0.05) is 24.3 Å². The van der Waals surface area contributed by atoms with Gasteiger partial charge < -0.3 is 10.1 Å². The number of esters is 1. The Morgan fingerprint density at radius 1 is 1.03 bits per heavy atom. The quantitative estimate of drug-likeness (QED) is 0.297. The zero-order valence-electron chi connectivity index (χ0n) is 14.3. The molecule has 2 rings (SSSR count). The number of anilines is 1. The minimum atomic E-state index is -0.886. The molecule has 0 aromatic heterocycles. The maximum atomic E-state index is 11.9. The third-order valence-electron chi connectivity index (χ3n) is 3.36. The van der Waals surface area contributed by atoms with Crippen LogP contribution >= 0.6 is 23.2 Å². The Morgan fingerprint density at radius 2 is 1.72 bits per heavy atom. The summed E-state index contributed by atoms with van der Waals surface area (Å²) in [5.74, 6) is -1.65. The van der Waals surface area contributed by atoms with Crippen molar-refractivity contribution in [3.63, 3.8) is 0 Å². The van der Waals surface area contributed by atoms with E-state index >= 15 is 0 Å². The van der Waals surface area contributed by atoms with Crippen molar-refractivity contribution < 1.29 is 24.2 Å². The average Bonchev–Trinajstić information content (AvgIpc) is 2.67. The summed E-state index contributed by atoms with van der Waals surface area (Å²) in [5.41, 5.74) is -0.283. The number of rotatable bonds is 7. The highest BCUT2D eigenvalue weighted by molar-refractivity contribution is 6.34. The summed E-state index contributed by atoms with van der Waals surface area (Å²) >= 11 is 11.6. The topological polar surface area (TPSA) is 142 Å². The molecule has 0 aliphatic carbocycles. The van der Waals surface area contributed by atoms with Crippen molar-refractivity contribution in [2.75, 3.05) is 11.9 Å². The number of benzene rings is 2. The molecule has 12 heteroatoms. The molecule has 0 unspecified atom stereocenters. The lowest BCUT2D eigenvalue weighted by atomic mass is 10.2. The van der Waals surface area contributed by atoms with Gasteiger partial charge in [0.2, 0.25) is 0 Å². The van der Waals surface area contributed by atoms with Gasteiger partial charge in [0.05, 0.1) is 20.6 Å². The number of carbonyl (C=O) groups excluding carboxylic acids is 2. The number of non-ortho nitro benzene ring substituents is 1. The molecule has 1 N–H and O–H groups in total. The number of nitro groups is 2. The first-order chi connectivity index (χ1) is 13.7. The van der Waals surface area contributed by atoms with Crippen molar-refractivity contribution in [3.05, 3.63) is 78.3 Å². The van der Waals surface area contributed by atoms with Crippen LogP contribution in [0.4, 0.5) is 17.1 Å². The van der Waals surface area contributed by atoms with Gasteiger partial charge in [-0.3, -0.25) is 25.0 Å². The zero-order chi connectivity index (χ0) is 21.6. The molecular weight excluding hydrogens is 429 g/mol. The molecule has 0 heterocycles. The Kier molecular flexibility index (Phi) is 7.23. The Balaban J connectivity index is 1.94. The van der Waals surface area contributed by atoms with Gasteiger partial charge in [-0.1, -0.05) is 29.3 Å². The van der Waals surface area contributed by atoms with Gasteiger partial charge in [-0.05, 0) is 23.8 Å². The first-order valence-electron chi connectivity index (χ1n) is 7.70. The summed E-state index contributed by atoms with van der Waals surface area (Å²) in [4.78, 5) is 43.8. The number of carbonyl (C=O) groups is 2. The molecule has 0 fully saturated rings. The van der Waals surface area contributed by atoms with E-state index in [1.807, 2.05) is 0 Å². The number of hydrogen-bond acceptors (Lipinski definition) is 7. The highest BCUT2D eigenvalue weighted by Crippen LogP contribution is 2.27. The van der Waals surface area contributed by atoms with Crippen molar-refractivity contribution in [1.82, 2.24) is 0 Å². The summed E-state index contributed by atoms with van der Waals surface area (Å²) in [6.07, 6.45) is 2.22. The normalized spacial score (nSPS) is 10.6. The van der Waals surface area contributed by atoms with Crippen molar-refractivity contribution in [3.8, 4) is 0 Å². The highest BCUT2D eigenvalue weighted by atomic mass is 35.5. The average molecular weight is 440 g/mol. The van der Waals surface area contributed by atoms with Crippen LogP contribution in [0.2, 0.25) is 10.0 Å². The van der Waals surface area contributed by atoms with Gasteiger partial charge in [-0.15, -0.1) is 0 Å². The first-order valence-corrected chi connectivity index (χ1v) is 8.45. The van der Waals surface area contributed by atoms with Gasteiger partial charge in [0.15, 0.2) is 6.61 Å². The van der Waals surface area contributed by atoms with Gasteiger partial charge in [-0.2, -0.15) is 0 Å². The van der Waals surface area contributed by atoms with Gasteiger partial charge in [0.25, 0.3) is 17.3 Å². The van der Waals surface area contributed by atoms with E-state index < -0.39 is 28.3 Å². The molecule has 0 saturated carbocycles. The monoisotopic (exact) mass is 439 g/mol. The van der Waals surface area contributed by atoms with E-state index in [1.165, 1.54) is 36.4 Å². The standard InChI is InChI=1S/C17H11Cl2N3O7/c18-12-5-3-11(21(25)26)8-14(12)20-16(23)9-29-17(24)6-2-10-1-4-13(19)15(7-10)22(27)28/h1-8H,9H2,(H,20,23)/b6-2+. The highest BCUT2D eigenvalue weighted by Gasteiger charge is 2.14. The molecule has 0 aliphatic heterocycles.